The first kappa shape index (κ1) is 23.0. The first-order valence-corrected chi connectivity index (χ1v) is 10.9. The van der Waals surface area contributed by atoms with E-state index in [2.05, 4.69) is 10.5 Å². The van der Waals surface area contributed by atoms with Gasteiger partial charge in [-0.1, -0.05) is 17.3 Å². The Morgan fingerprint density at radius 3 is 2.56 bits per heavy atom. The number of hydrogen-bond acceptors (Lipinski definition) is 8. The lowest BCUT2D eigenvalue weighted by Crippen LogP contribution is -2.21. The van der Waals surface area contributed by atoms with E-state index in [-0.39, 0.29) is 22.8 Å². The van der Waals surface area contributed by atoms with E-state index < -0.39 is 28.5 Å². The van der Waals surface area contributed by atoms with Gasteiger partial charge < -0.3 is 19.3 Å². The van der Waals surface area contributed by atoms with Crippen LogP contribution < -0.4 is 15.2 Å². The summed E-state index contributed by atoms with van der Waals surface area (Å²) in [4.78, 5) is 24.2. The number of amides is 1. The molecule has 1 heterocycles. The van der Waals surface area contributed by atoms with E-state index in [0.717, 1.165) is 11.3 Å². The number of nitrogens with zero attached hydrogens (tertiary/aromatic N) is 1. The zero-order valence-corrected chi connectivity index (χ0v) is 18.1. The van der Waals surface area contributed by atoms with Crippen LogP contribution in [-0.2, 0) is 26.2 Å². The Labute approximate surface area is 184 Å². The first-order chi connectivity index (χ1) is 15.1. The topological polar surface area (TPSA) is 151 Å². The molecule has 0 aliphatic rings. The number of aryl methyl sites for hydroxylation is 2. The lowest BCUT2D eigenvalue weighted by molar-refractivity contribution is -0.119. The number of primary sulfonamides is 1. The minimum Gasteiger partial charge on any atom is -0.489 e. The van der Waals surface area contributed by atoms with Crippen molar-refractivity contribution < 1.29 is 32.0 Å². The van der Waals surface area contributed by atoms with E-state index in [9.17, 15) is 18.0 Å². The molecule has 0 spiro atoms. The van der Waals surface area contributed by atoms with E-state index in [4.69, 9.17) is 19.1 Å². The smallest absolute Gasteiger partial charge is 0.338 e. The van der Waals surface area contributed by atoms with Gasteiger partial charge in [-0.2, -0.15) is 0 Å². The molecular formula is C21H21N3O7S. The van der Waals surface area contributed by atoms with Crippen LogP contribution in [0.2, 0.25) is 0 Å². The third kappa shape index (κ3) is 5.93. The van der Waals surface area contributed by atoms with Crippen LogP contribution in [0.1, 0.15) is 27.4 Å². The SMILES string of the molecule is Cc1noc(C)c1COc1cccc(C(=O)OCC(=O)Nc2cccc(S(N)(=O)=O)c2)c1. The Balaban J connectivity index is 1.56. The van der Waals surface area contributed by atoms with Crippen molar-refractivity contribution in [1.82, 2.24) is 5.16 Å². The largest absolute Gasteiger partial charge is 0.489 e. The Bertz CT molecular complexity index is 1230. The second kappa shape index (κ2) is 9.62. The van der Waals surface area contributed by atoms with Crippen LogP contribution in [0.25, 0.3) is 0 Å². The average molecular weight is 459 g/mol. The third-order valence-corrected chi connectivity index (χ3v) is 5.33. The van der Waals surface area contributed by atoms with Gasteiger partial charge in [0.25, 0.3) is 5.91 Å². The fourth-order valence-electron chi connectivity index (χ4n) is 2.74. The van der Waals surface area contributed by atoms with Crippen molar-refractivity contribution in [2.24, 2.45) is 5.14 Å². The van der Waals surface area contributed by atoms with Gasteiger partial charge in [-0.15, -0.1) is 0 Å². The number of sulfonamides is 1. The molecule has 168 valence electrons. The highest BCUT2D eigenvalue weighted by molar-refractivity contribution is 7.89. The predicted octanol–water partition coefficient (Wildman–Crippen LogP) is 2.31. The molecule has 0 unspecified atom stereocenters. The molecule has 10 nitrogen and oxygen atoms in total. The molecule has 0 aliphatic carbocycles. The molecule has 2 aromatic carbocycles. The van der Waals surface area contributed by atoms with Crippen molar-refractivity contribution in [1.29, 1.82) is 0 Å². The Morgan fingerprint density at radius 2 is 1.88 bits per heavy atom. The summed E-state index contributed by atoms with van der Waals surface area (Å²) in [6.45, 7) is 3.24. The molecule has 0 bridgehead atoms. The maximum atomic E-state index is 12.3. The predicted molar refractivity (Wildman–Crippen MR) is 113 cm³/mol. The van der Waals surface area contributed by atoms with Crippen molar-refractivity contribution in [2.45, 2.75) is 25.3 Å². The quantitative estimate of drug-likeness (QED) is 0.487. The van der Waals surface area contributed by atoms with Gasteiger partial charge in [-0.05, 0) is 50.2 Å². The van der Waals surface area contributed by atoms with Gasteiger partial charge in [0.05, 0.1) is 21.7 Å². The summed E-state index contributed by atoms with van der Waals surface area (Å²) in [6, 6.07) is 11.7. The molecule has 1 aromatic heterocycles. The molecule has 32 heavy (non-hydrogen) atoms. The standard InChI is InChI=1S/C21H21N3O7S/c1-13-19(14(2)31-24-13)11-29-17-7-3-5-15(9-17)21(26)30-12-20(25)23-16-6-4-8-18(10-16)32(22,27)28/h3-10H,11-12H2,1-2H3,(H,23,25)(H2,22,27,28). The van der Waals surface area contributed by atoms with Gasteiger partial charge in [0.15, 0.2) is 6.61 Å². The maximum absolute atomic E-state index is 12.3. The summed E-state index contributed by atoms with van der Waals surface area (Å²) >= 11 is 0. The lowest BCUT2D eigenvalue weighted by Gasteiger charge is -2.09. The van der Waals surface area contributed by atoms with Crippen LogP contribution in [0, 0.1) is 13.8 Å². The molecule has 0 aliphatic heterocycles. The average Bonchev–Trinajstić information content (AvgIpc) is 3.07. The minimum atomic E-state index is -3.91. The highest BCUT2D eigenvalue weighted by Gasteiger charge is 2.14. The number of rotatable bonds is 8. The van der Waals surface area contributed by atoms with Crippen molar-refractivity contribution in [3.05, 3.63) is 71.1 Å². The fourth-order valence-corrected chi connectivity index (χ4v) is 3.30. The number of anilines is 1. The summed E-state index contributed by atoms with van der Waals surface area (Å²) in [5, 5.41) is 11.4. The molecule has 1 amide bonds. The number of hydrogen-bond donors (Lipinski definition) is 2. The number of carbonyl (C=O) groups is 2. The Kier molecular flexibility index (Phi) is 6.91. The van der Waals surface area contributed by atoms with Crippen molar-refractivity contribution in [3.63, 3.8) is 0 Å². The van der Waals surface area contributed by atoms with Gasteiger partial charge in [0.1, 0.15) is 18.1 Å². The highest BCUT2D eigenvalue weighted by Crippen LogP contribution is 2.19. The van der Waals surface area contributed by atoms with Gasteiger partial charge >= 0.3 is 5.97 Å². The summed E-state index contributed by atoms with van der Waals surface area (Å²) in [6.07, 6.45) is 0. The highest BCUT2D eigenvalue weighted by atomic mass is 32.2. The van der Waals surface area contributed by atoms with E-state index in [1.807, 2.05) is 0 Å². The zero-order chi connectivity index (χ0) is 23.3. The Morgan fingerprint density at radius 1 is 1.12 bits per heavy atom. The first-order valence-electron chi connectivity index (χ1n) is 9.38. The van der Waals surface area contributed by atoms with Crippen molar-refractivity contribution in [2.75, 3.05) is 11.9 Å². The normalized spacial score (nSPS) is 11.1. The van der Waals surface area contributed by atoms with Gasteiger partial charge in [-0.3, -0.25) is 4.79 Å². The number of carbonyl (C=O) groups excluding carboxylic acids is 2. The van der Waals surface area contributed by atoms with E-state index >= 15 is 0 Å². The van der Waals surface area contributed by atoms with Crippen molar-refractivity contribution >= 4 is 27.6 Å². The molecule has 3 aromatic rings. The lowest BCUT2D eigenvalue weighted by atomic mass is 10.2. The second-order valence-corrected chi connectivity index (χ2v) is 8.38. The molecule has 0 saturated heterocycles. The summed E-state index contributed by atoms with van der Waals surface area (Å²) in [5.74, 6) is -0.278. The van der Waals surface area contributed by atoms with E-state index in [1.54, 1.807) is 26.0 Å². The minimum absolute atomic E-state index is 0.152. The number of nitrogens with one attached hydrogen (secondary N) is 1. The second-order valence-electron chi connectivity index (χ2n) is 6.82. The molecule has 3 rings (SSSR count). The number of esters is 1. The van der Waals surface area contributed by atoms with Crippen LogP contribution in [0.5, 0.6) is 5.75 Å². The third-order valence-electron chi connectivity index (χ3n) is 4.41. The van der Waals surface area contributed by atoms with E-state index in [1.165, 1.54) is 36.4 Å². The molecule has 0 saturated carbocycles. The maximum Gasteiger partial charge on any atom is 0.338 e. The summed E-state index contributed by atoms with van der Waals surface area (Å²) in [7, 11) is -3.91. The number of aromatic nitrogens is 1. The van der Waals surface area contributed by atoms with Crippen LogP contribution in [0.15, 0.2) is 57.9 Å². The molecule has 0 fully saturated rings. The summed E-state index contributed by atoms with van der Waals surface area (Å²) in [5.41, 5.74) is 1.94. The van der Waals surface area contributed by atoms with Crippen LogP contribution in [-0.4, -0.2) is 32.1 Å². The monoisotopic (exact) mass is 459 g/mol. The van der Waals surface area contributed by atoms with Crippen LogP contribution in [0.3, 0.4) is 0 Å². The molecule has 3 N–H and O–H groups in total. The molecule has 0 radical (unpaired) electrons. The zero-order valence-electron chi connectivity index (χ0n) is 17.3. The number of benzene rings is 2. The summed E-state index contributed by atoms with van der Waals surface area (Å²) < 4.78 is 38.6. The molecule has 11 heteroatoms. The van der Waals surface area contributed by atoms with Crippen molar-refractivity contribution in [3.8, 4) is 5.75 Å². The van der Waals surface area contributed by atoms with Crippen LogP contribution >= 0.6 is 0 Å². The van der Waals surface area contributed by atoms with Gasteiger partial charge in [-0.25, -0.2) is 18.4 Å². The van der Waals surface area contributed by atoms with Gasteiger partial charge in [0, 0.05) is 5.69 Å². The van der Waals surface area contributed by atoms with E-state index in [0.29, 0.717) is 11.5 Å². The number of nitrogens with two attached hydrogens (primary N) is 1. The molecular weight excluding hydrogens is 438 g/mol. The van der Waals surface area contributed by atoms with Gasteiger partial charge in [0.2, 0.25) is 10.0 Å². The molecule has 0 atom stereocenters. The Hall–Kier alpha value is -3.70. The van der Waals surface area contributed by atoms with Crippen LogP contribution in [0.4, 0.5) is 5.69 Å². The number of ether oxygens (including phenoxy) is 2. The fraction of sp³-hybridized carbons (Fsp3) is 0.190.